The second-order valence-corrected chi connectivity index (χ2v) is 9.99. The average molecular weight is 470 g/mol. The van der Waals surface area contributed by atoms with Gasteiger partial charge in [-0.15, -0.1) is 0 Å². The molecule has 0 saturated heterocycles. The van der Waals surface area contributed by atoms with Gasteiger partial charge in [0.05, 0.1) is 5.56 Å². The van der Waals surface area contributed by atoms with E-state index in [1.54, 1.807) is 6.07 Å². The summed E-state index contributed by atoms with van der Waals surface area (Å²) in [6.45, 7) is 2.15. The lowest BCUT2D eigenvalue weighted by Gasteiger charge is -2.48. The molecular weight excluding hydrogens is 445 g/mol. The first-order valence-electron chi connectivity index (χ1n) is 11.7. The van der Waals surface area contributed by atoms with Crippen molar-refractivity contribution < 1.29 is 32.3 Å². The standard InChI is InChI=1S/C27H25F3O4/c1-26-13-12-20-19-9-7-18(14-17(19)6-8-21(20)22(26)10-11-23(26)31)34-25(33)16-4-2-15(3-5-16)24(32)27(28,29)30/h2-5,7,9,14,20-22H,6,8,10-13H2,1H3/t20-,21-,22+,26+/m1/s1. The quantitative estimate of drug-likeness (QED) is 0.310. The van der Waals surface area contributed by atoms with Crippen LogP contribution >= 0.6 is 0 Å². The maximum Gasteiger partial charge on any atom is 0.454 e. The third-order valence-electron chi connectivity index (χ3n) is 8.26. The molecule has 4 atom stereocenters. The Kier molecular flexibility index (Phi) is 5.41. The molecule has 178 valence electrons. The van der Waals surface area contributed by atoms with E-state index < -0.39 is 23.5 Å². The van der Waals surface area contributed by atoms with Gasteiger partial charge in [-0.25, -0.2) is 4.79 Å². The molecule has 2 fully saturated rings. The maximum atomic E-state index is 12.6. The third-order valence-corrected chi connectivity index (χ3v) is 8.26. The number of hydrogen-bond donors (Lipinski definition) is 0. The number of ether oxygens (including phenoxy) is 1. The number of aryl methyl sites for hydroxylation is 1. The van der Waals surface area contributed by atoms with Crippen molar-refractivity contribution in [2.24, 2.45) is 17.3 Å². The summed E-state index contributed by atoms with van der Waals surface area (Å²) in [6, 6.07) is 9.92. The molecule has 0 aromatic heterocycles. The molecule has 7 heteroatoms. The fraction of sp³-hybridized carbons (Fsp3) is 0.444. The van der Waals surface area contributed by atoms with Crippen molar-refractivity contribution in [1.82, 2.24) is 0 Å². The number of halogens is 3. The number of Topliss-reactive ketones (excluding diaryl/α,β-unsaturated/α-hetero) is 2. The van der Waals surface area contributed by atoms with E-state index in [-0.39, 0.29) is 11.0 Å². The molecule has 0 aliphatic heterocycles. The van der Waals surface area contributed by atoms with Gasteiger partial charge in [-0.3, -0.25) is 9.59 Å². The summed E-state index contributed by atoms with van der Waals surface area (Å²) >= 11 is 0. The van der Waals surface area contributed by atoms with Crippen molar-refractivity contribution >= 4 is 17.5 Å². The molecule has 3 aliphatic carbocycles. The summed E-state index contributed by atoms with van der Waals surface area (Å²) in [7, 11) is 0. The van der Waals surface area contributed by atoms with Gasteiger partial charge in [-0.1, -0.05) is 25.1 Å². The van der Waals surface area contributed by atoms with Crippen LogP contribution in [0.3, 0.4) is 0 Å². The first-order chi connectivity index (χ1) is 16.1. The second-order valence-electron chi connectivity index (χ2n) is 9.99. The monoisotopic (exact) mass is 470 g/mol. The fourth-order valence-corrected chi connectivity index (χ4v) is 6.48. The highest BCUT2D eigenvalue weighted by molar-refractivity contribution is 6.01. The summed E-state index contributed by atoms with van der Waals surface area (Å²) < 4.78 is 43.2. The first-order valence-corrected chi connectivity index (χ1v) is 11.7. The SMILES string of the molecule is C[C@]12CC[C@@H]3c4ccc(OC(=O)c5ccc(C(=O)C(F)(F)F)cc5)cc4CC[C@H]3[C@@H]1CCC2=O. The molecule has 0 spiro atoms. The maximum absolute atomic E-state index is 12.6. The van der Waals surface area contributed by atoms with E-state index in [0.717, 1.165) is 61.9 Å². The van der Waals surface area contributed by atoms with Crippen LogP contribution in [0.4, 0.5) is 13.2 Å². The van der Waals surface area contributed by atoms with Gasteiger partial charge in [-0.2, -0.15) is 13.2 Å². The number of alkyl halides is 3. The van der Waals surface area contributed by atoms with Crippen molar-refractivity contribution in [2.75, 3.05) is 0 Å². The van der Waals surface area contributed by atoms with Crippen LogP contribution in [-0.4, -0.2) is 23.7 Å². The van der Waals surface area contributed by atoms with E-state index in [2.05, 4.69) is 6.92 Å². The summed E-state index contributed by atoms with van der Waals surface area (Å²) in [5.41, 5.74) is 1.78. The van der Waals surface area contributed by atoms with Crippen LogP contribution in [0.25, 0.3) is 0 Å². The van der Waals surface area contributed by atoms with Gasteiger partial charge in [0.2, 0.25) is 0 Å². The Labute approximate surface area is 195 Å². The number of esters is 1. The molecular formula is C27H25F3O4. The number of hydrogen-bond acceptors (Lipinski definition) is 4. The van der Waals surface area contributed by atoms with Crippen LogP contribution < -0.4 is 4.74 Å². The van der Waals surface area contributed by atoms with Crippen LogP contribution in [0.15, 0.2) is 42.5 Å². The van der Waals surface area contributed by atoms with Gasteiger partial charge in [0.1, 0.15) is 11.5 Å². The molecule has 0 amide bonds. The lowest BCUT2D eigenvalue weighted by molar-refractivity contribution is -0.129. The minimum absolute atomic E-state index is 0.0639. The van der Waals surface area contributed by atoms with Gasteiger partial charge >= 0.3 is 12.1 Å². The van der Waals surface area contributed by atoms with Crippen LogP contribution in [0, 0.1) is 17.3 Å². The van der Waals surface area contributed by atoms with Gasteiger partial charge in [0.15, 0.2) is 0 Å². The largest absolute Gasteiger partial charge is 0.454 e. The summed E-state index contributed by atoms with van der Waals surface area (Å²) in [4.78, 5) is 36.3. The summed E-state index contributed by atoms with van der Waals surface area (Å²) in [5, 5.41) is 0. The predicted molar refractivity (Wildman–Crippen MR) is 118 cm³/mol. The van der Waals surface area contributed by atoms with Gasteiger partial charge in [0.25, 0.3) is 5.78 Å². The molecule has 0 heterocycles. The average Bonchev–Trinajstić information content (AvgIpc) is 3.12. The molecule has 2 saturated carbocycles. The van der Waals surface area contributed by atoms with E-state index in [1.165, 1.54) is 5.56 Å². The van der Waals surface area contributed by atoms with Crippen molar-refractivity contribution in [3.05, 3.63) is 64.7 Å². The molecule has 0 radical (unpaired) electrons. The molecule has 0 N–H and O–H groups in total. The molecule has 0 bridgehead atoms. The lowest BCUT2D eigenvalue weighted by Crippen LogP contribution is -2.42. The van der Waals surface area contributed by atoms with Gasteiger partial charge in [-0.05, 0) is 85.3 Å². The van der Waals surface area contributed by atoms with Crippen molar-refractivity contribution in [1.29, 1.82) is 0 Å². The highest BCUT2D eigenvalue weighted by atomic mass is 19.4. The predicted octanol–water partition coefficient (Wildman–Crippen LogP) is 6.08. The number of ketones is 2. The number of carbonyl (C=O) groups excluding carboxylic acids is 3. The molecule has 0 unspecified atom stereocenters. The number of fused-ring (bicyclic) bond motifs is 5. The lowest BCUT2D eigenvalue weighted by atomic mass is 9.55. The van der Waals surface area contributed by atoms with Gasteiger partial charge < -0.3 is 4.74 Å². The van der Waals surface area contributed by atoms with Crippen LogP contribution in [0.1, 0.15) is 76.8 Å². The Hall–Kier alpha value is -2.96. The first kappa shape index (κ1) is 22.8. The Morgan fingerprint density at radius 1 is 0.971 bits per heavy atom. The fourth-order valence-electron chi connectivity index (χ4n) is 6.48. The molecule has 34 heavy (non-hydrogen) atoms. The van der Waals surface area contributed by atoms with E-state index in [0.29, 0.717) is 35.7 Å². The van der Waals surface area contributed by atoms with E-state index in [1.807, 2.05) is 12.1 Å². The minimum Gasteiger partial charge on any atom is -0.423 e. The minimum atomic E-state index is -4.96. The van der Waals surface area contributed by atoms with Crippen LogP contribution in [-0.2, 0) is 11.2 Å². The van der Waals surface area contributed by atoms with Crippen LogP contribution in [0.2, 0.25) is 0 Å². The van der Waals surface area contributed by atoms with Crippen LogP contribution in [0.5, 0.6) is 5.75 Å². The molecule has 4 nitrogen and oxygen atoms in total. The van der Waals surface area contributed by atoms with Gasteiger partial charge in [0, 0.05) is 17.4 Å². The molecule has 2 aromatic rings. The summed E-state index contributed by atoms with van der Waals surface area (Å²) in [5.74, 6) is -0.492. The Bertz CT molecular complexity index is 1170. The second kappa shape index (κ2) is 8.07. The number of rotatable bonds is 3. The highest BCUT2D eigenvalue weighted by Crippen LogP contribution is 2.59. The zero-order valence-corrected chi connectivity index (χ0v) is 18.8. The third kappa shape index (κ3) is 3.75. The zero-order chi connectivity index (χ0) is 24.3. The Balaban J connectivity index is 1.30. The number of benzene rings is 2. The molecule has 5 rings (SSSR count). The van der Waals surface area contributed by atoms with Crippen molar-refractivity contribution in [2.45, 2.75) is 57.5 Å². The smallest absolute Gasteiger partial charge is 0.423 e. The van der Waals surface area contributed by atoms with Crippen molar-refractivity contribution in [3.8, 4) is 5.75 Å². The van der Waals surface area contributed by atoms with Crippen molar-refractivity contribution in [3.63, 3.8) is 0 Å². The zero-order valence-electron chi connectivity index (χ0n) is 18.8. The van der Waals surface area contributed by atoms with E-state index in [4.69, 9.17) is 4.74 Å². The molecule has 2 aromatic carbocycles. The topological polar surface area (TPSA) is 60.4 Å². The molecule has 3 aliphatic rings. The van der Waals surface area contributed by atoms with E-state index >= 15 is 0 Å². The normalized spacial score (nSPS) is 28.0. The Morgan fingerprint density at radius 3 is 2.38 bits per heavy atom. The Morgan fingerprint density at radius 2 is 1.68 bits per heavy atom. The summed E-state index contributed by atoms with van der Waals surface area (Å²) in [6.07, 6.45) is 0.480. The highest BCUT2D eigenvalue weighted by Gasteiger charge is 2.54. The van der Waals surface area contributed by atoms with E-state index in [9.17, 15) is 27.6 Å². The number of carbonyl (C=O) groups is 3.